The zero-order chi connectivity index (χ0) is 18.8. The number of rotatable bonds is 10. The molecule has 0 radical (unpaired) electrons. The lowest BCUT2D eigenvalue weighted by molar-refractivity contribution is -0.147. The summed E-state index contributed by atoms with van der Waals surface area (Å²) in [6.45, 7) is 3.05. The largest absolute Gasteiger partial charge is 0.463 e. The highest BCUT2D eigenvalue weighted by Gasteiger charge is 2.16. The Labute approximate surface area is 154 Å². The third-order valence-electron chi connectivity index (χ3n) is 3.96. The van der Waals surface area contributed by atoms with Gasteiger partial charge >= 0.3 is 5.97 Å². The van der Waals surface area contributed by atoms with Gasteiger partial charge in [0.2, 0.25) is 0 Å². The van der Waals surface area contributed by atoms with Crippen molar-refractivity contribution in [1.29, 1.82) is 0 Å². The molecule has 0 aliphatic carbocycles. The first-order chi connectivity index (χ1) is 12.6. The van der Waals surface area contributed by atoms with Crippen LogP contribution in [0.2, 0.25) is 0 Å². The SMILES string of the molecule is CCCC(=O)OCC(O)CN(Cc1ccccc1)Cc1ccccc1F. The Balaban J connectivity index is 2.00. The Morgan fingerprint density at radius 1 is 1.12 bits per heavy atom. The number of halogens is 1. The van der Waals surface area contributed by atoms with Gasteiger partial charge in [-0.15, -0.1) is 0 Å². The van der Waals surface area contributed by atoms with Crippen LogP contribution in [0.5, 0.6) is 0 Å². The lowest BCUT2D eigenvalue weighted by Gasteiger charge is -2.25. The molecular formula is C21H26FNO3. The Morgan fingerprint density at radius 3 is 2.50 bits per heavy atom. The second kappa shape index (κ2) is 10.7. The van der Waals surface area contributed by atoms with Crippen molar-refractivity contribution < 1.29 is 19.0 Å². The summed E-state index contributed by atoms with van der Waals surface area (Å²) in [6.07, 6.45) is 0.226. The van der Waals surface area contributed by atoms with Crippen molar-refractivity contribution in [2.24, 2.45) is 0 Å². The van der Waals surface area contributed by atoms with E-state index in [4.69, 9.17) is 4.74 Å². The maximum atomic E-state index is 14.0. The van der Waals surface area contributed by atoms with Crippen LogP contribution in [0.1, 0.15) is 30.9 Å². The van der Waals surface area contributed by atoms with E-state index < -0.39 is 6.10 Å². The number of nitrogens with zero attached hydrogens (tertiary/aromatic N) is 1. The van der Waals surface area contributed by atoms with Gasteiger partial charge in [0.25, 0.3) is 0 Å². The van der Waals surface area contributed by atoms with Gasteiger partial charge in [-0.05, 0) is 18.1 Å². The van der Waals surface area contributed by atoms with Gasteiger partial charge in [0.1, 0.15) is 18.5 Å². The molecule has 0 bridgehead atoms. The molecule has 0 fully saturated rings. The van der Waals surface area contributed by atoms with Crippen molar-refractivity contribution in [1.82, 2.24) is 4.90 Å². The molecule has 1 unspecified atom stereocenters. The van der Waals surface area contributed by atoms with E-state index in [9.17, 15) is 14.3 Å². The third kappa shape index (κ3) is 6.94. The fraction of sp³-hybridized carbons (Fsp3) is 0.381. The molecule has 0 saturated heterocycles. The highest BCUT2D eigenvalue weighted by molar-refractivity contribution is 5.69. The summed E-state index contributed by atoms with van der Waals surface area (Å²) in [5.74, 6) is -0.579. The molecule has 0 saturated carbocycles. The van der Waals surface area contributed by atoms with E-state index >= 15 is 0 Å². The standard InChI is InChI=1S/C21H26FNO3/c1-2-8-21(25)26-16-19(24)15-23(13-17-9-4-3-5-10-17)14-18-11-6-7-12-20(18)22/h3-7,9-12,19,24H,2,8,13-16H2,1H3. The van der Waals surface area contributed by atoms with Crippen LogP contribution >= 0.6 is 0 Å². The smallest absolute Gasteiger partial charge is 0.305 e. The van der Waals surface area contributed by atoms with Crippen molar-refractivity contribution in [2.45, 2.75) is 39.0 Å². The van der Waals surface area contributed by atoms with Crippen LogP contribution in [-0.2, 0) is 22.6 Å². The van der Waals surface area contributed by atoms with E-state index in [2.05, 4.69) is 0 Å². The predicted octanol–water partition coefficient (Wildman–Crippen LogP) is 3.53. The normalized spacial score (nSPS) is 12.2. The van der Waals surface area contributed by atoms with Gasteiger partial charge in [-0.2, -0.15) is 0 Å². The number of carbonyl (C=O) groups excluding carboxylic acids is 1. The van der Waals surface area contributed by atoms with Gasteiger partial charge in [-0.1, -0.05) is 55.5 Å². The minimum atomic E-state index is -0.828. The van der Waals surface area contributed by atoms with E-state index in [1.807, 2.05) is 42.2 Å². The van der Waals surface area contributed by atoms with Crippen LogP contribution in [0.4, 0.5) is 4.39 Å². The summed E-state index contributed by atoms with van der Waals surface area (Å²) in [5.41, 5.74) is 1.64. The lowest BCUT2D eigenvalue weighted by Crippen LogP contribution is -2.35. The molecule has 26 heavy (non-hydrogen) atoms. The van der Waals surface area contributed by atoms with Gasteiger partial charge in [0, 0.05) is 31.6 Å². The number of hydrogen-bond acceptors (Lipinski definition) is 4. The molecule has 2 aromatic rings. The fourth-order valence-electron chi connectivity index (χ4n) is 2.71. The summed E-state index contributed by atoms with van der Waals surface area (Å²) >= 11 is 0. The van der Waals surface area contributed by atoms with Gasteiger partial charge in [0.05, 0.1) is 0 Å². The molecule has 0 aromatic heterocycles. The lowest BCUT2D eigenvalue weighted by atomic mass is 10.1. The maximum absolute atomic E-state index is 14.0. The molecule has 4 nitrogen and oxygen atoms in total. The first-order valence-electron chi connectivity index (χ1n) is 8.92. The Hall–Kier alpha value is -2.24. The fourth-order valence-corrected chi connectivity index (χ4v) is 2.71. The molecule has 0 spiro atoms. The van der Waals surface area contributed by atoms with E-state index in [1.165, 1.54) is 6.07 Å². The number of ether oxygens (including phenoxy) is 1. The highest BCUT2D eigenvalue weighted by Crippen LogP contribution is 2.14. The van der Waals surface area contributed by atoms with Crippen molar-refractivity contribution in [3.05, 3.63) is 71.5 Å². The van der Waals surface area contributed by atoms with Crippen LogP contribution < -0.4 is 0 Å². The van der Waals surface area contributed by atoms with Gasteiger partial charge in [-0.3, -0.25) is 9.69 Å². The Bertz CT molecular complexity index is 678. The van der Waals surface area contributed by atoms with Crippen LogP contribution in [-0.4, -0.2) is 35.2 Å². The molecule has 0 aliphatic rings. The second-order valence-corrected chi connectivity index (χ2v) is 6.33. The zero-order valence-corrected chi connectivity index (χ0v) is 15.1. The summed E-state index contributed by atoms with van der Waals surface area (Å²) in [6, 6.07) is 16.4. The first-order valence-corrected chi connectivity index (χ1v) is 8.92. The molecule has 5 heteroatoms. The number of esters is 1. The Kier molecular flexibility index (Phi) is 8.25. The van der Waals surface area contributed by atoms with Crippen molar-refractivity contribution in [2.75, 3.05) is 13.2 Å². The highest BCUT2D eigenvalue weighted by atomic mass is 19.1. The quantitative estimate of drug-likeness (QED) is 0.660. The summed E-state index contributed by atoms with van der Waals surface area (Å²) in [5, 5.41) is 10.2. The maximum Gasteiger partial charge on any atom is 0.305 e. The van der Waals surface area contributed by atoms with E-state index in [1.54, 1.807) is 18.2 Å². The van der Waals surface area contributed by atoms with Crippen LogP contribution in [0.25, 0.3) is 0 Å². The molecule has 0 aliphatic heterocycles. The number of aliphatic hydroxyl groups is 1. The topological polar surface area (TPSA) is 49.8 Å². The third-order valence-corrected chi connectivity index (χ3v) is 3.96. The minimum Gasteiger partial charge on any atom is -0.463 e. The molecule has 140 valence electrons. The second-order valence-electron chi connectivity index (χ2n) is 6.33. The zero-order valence-electron chi connectivity index (χ0n) is 15.1. The van der Waals surface area contributed by atoms with Crippen molar-refractivity contribution >= 4 is 5.97 Å². The van der Waals surface area contributed by atoms with Crippen LogP contribution in [0.15, 0.2) is 54.6 Å². The average Bonchev–Trinajstić information content (AvgIpc) is 2.63. The van der Waals surface area contributed by atoms with Crippen LogP contribution in [0.3, 0.4) is 0 Å². The monoisotopic (exact) mass is 359 g/mol. The summed E-state index contributed by atoms with van der Waals surface area (Å²) < 4.78 is 19.1. The van der Waals surface area contributed by atoms with E-state index in [0.717, 1.165) is 5.56 Å². The molecule has 1 N–H and O–H groups in total. The number of benzene rings is 2. The van der Waals surface area contributed by atoms with E-state index in [0.29, 0.717) is 31.5 Å². The first kappa shape index (κ1) is 20.1. The van der Waals surface area contributed by atoms with Crippen LogP contribution in [0, 0.1) is 5.82 Å². The van der Waals surface area contributed by atoms with Crippen molar-refractivity contribution in [3.63, 3.8) is 0 Å². The van der Waals surface area contributed by atoms with Crippen molar-refractivity contribution in [3.8, 4) is 0 Å². The van der Waals surface area contributed by atoms with Gasteiger partial charge in [0.15, 0.2) is 0 Å². The number of hydrogen-bond donors (Lipinski definition) is 1. The molecule has 1 atom stereocenters. The molecule has 0 amide bonds. The Morgan fingerprint density at radius 2 is 1.81 bits per heavy atom. The molecule has 0 heterocycles. The minimum absolute atomic E-state index is 0.0542. The van der Waals surface area contributed by atoms with Gasteiger partial charge in [-0.25, -0.2) is 4.39 Å². The van der Waals surface area contributed by atoms with Gasteiger partial charge < -0.3 is 9.84 Å². The number of aliphatic hydroxyl groups excluding tert-OH is 1. The molecule has 2 rings (SSSR count). The average molecular weight is 359 g/mol. The molecular weight excluding hydrogens is 333 g/mol. The predicted molar refractivity (Wildman–Crippen MR) is 98.8 cm³/mol. The summed E-state index contributed by atoms with van der Waals surface area (Å²) in [7, 11) is 0. The van der Waals surface area contributed by atoms with E-state index in [-0.39, 0.29) is 24.9 Å². The summed E-state index contributed by atoms with van der Waals surface area (Å²) in [4.78, 5) is 13.4. The molecule has 2 aromatic carbocycles. The number of carbonyl (C=O) groups is 1.